The van der Waals surface area contributed by atoms with Crippen molar-refractivity contribution in [3.8, 4) is 11.5 Å². The molecule has 0 aliphatic rings. The van der Waals surface area contributed by atoms with E-state index in [0.717, 1.165) is 12.1 Å². The van der Waals surface area contributed by atoms with Gasteiger partial charge in [-0.2, -0.15) is 8.42 Å². The molecule has 2 aromatic carbocycles. The number of hydrogen-bond acceptors (Lipinski definition) is 6. The zero-order valence-electron chi connectivity index (χ0n) is 12.6. The van der Waals surface area contributed by atoms with E-state index < -0.39 is 15.0 Å². The molecule has 2 aromatic rings. The Kier molecular flexibility index (Phi) is 4.85. The first-order valence-electron chi connectivity index (χ1n) is 6.76. The van der Waals surface area contributed by atoms with Crippen molar-refractivity contribution in [1.82, 2.24) is 0 Å². The van der Waals surface area contributed by atoms with E-state index in [9.17, 15) is 18.5 Å². The Morgan fingerprint density at radius 1 is 1.13 bits per heavy atom. The second-order valence-corrected chi connectivity index (χ2v) is 6.14. The van der Waals surface area contributed by atoms with Gasteiger partial charge in [0.2, 0.25) is 0 Å². The number of rotatable bonds is 6. The summed E-state index contributed by atoms with van der Waals surface area (Å²) >= 11 is 0. The summed E-state index contributed by atoms with van der Waals surface area (Å²) in [5.74, 6) is 0.366. The highest BCUT2D eigenvalue weighted by Gasteiger charge is 2.23. The Morgan fingerprint density at radius 2 is 1.78 bits per heavy atom. The predicted molar refractivity (Wildman–Crippen MR) is 83.3 cm³/mol. The molecule has 0 aliphatic heterocycles. The van der Waals surface area contributed by atoms with Crippen LogP contribution in [0.1, 0.15) is 12.5 Å². The van der Waals surface area contributed by atoms with Crippen molar-refractivity contribution in [3.05, 3.63) is 58.1 Å². The molecular weight excluding hydrogens is 322 g/mol. The van der Waals surface area contributed by atoms with Crippen molar-refractivity contribution in [3.63, 3.8) is 0 Å². The third kappa shape index (κ3) is 3.78. The Bertz CT molecular complexity index is 832. The van der Waals surface area contributed by atoms with Gasteiger partial charge in [-0.15, -0.1) is 0 Å². The van der Waals surface area contributed by atoms with Crippen LogP contribution in [0.3, 0.4) is 0 Å². The number of para-hydroxylation sites is 2. The summed E-state index contributed by atoms with van der Waals surface area (Å²) in [5, 5.41) is 10.7. The first-order chi connectivity index (χ1) is 10.8. The van der Waals surface area contributed by atoms with Crippen LogP contribution < -0.4 is 8.92 Å². The van der Waals surface area contributed by atoms with Crippen molar-refractivity contribution < 1.29 is 22.3 Å². The monoisotopic (exact) mass is 337 g/mol. The molecule has 23 heavy (non-hydrogen) atoms. The zero-order chi connectivity index (χ0) is 17.0. The van der Waals surface area contributed by atoms with Crippen LogP contribution in [0.25, 0.3) is 0 Å². The van der Waals surface area contributed by atoms with Gasteiger partial charge in [-0.1, -0.05) is 12.1 Å². The van der Waals surface area contributed by atoms with Gasteiger partial charge in [0.05, 0.1) is 11.5 Å². The van der Waals surface area contributed by atoms with E-state index >= 15 is 0 Å². The summed E-state index contributed by atoms with van der Waals surface area (Å²) in [5.41, 5.74) is 0.0456. The van der Waals surface area contributed by atoms with Crippen LogP contribution in [0.5, 0.6) is 11.5 Å². The number of hydrogen-bond donors (Lipinski definition) is 0. The van der Waals surface area contributed by atoms with E-state index in [1.165, 1.54) is 19.1 Å². The van der Waals surface area contributed by atoms with E-state index in [2.05, 4.69) is 0 Å². The van der Waals surface area contributed by atoms with Crippen LogP contribution in [-0.4, -0.2) is 19.9 Å². The number of nitrogens with zero attached hydrogens (tertiary/aromatic N) is 1. The Morgan fingerprint density at radius 3 is 2.35 bits per heavy atom. The van der Waals surface area contributed by atoms with E-state index in [0.29, 0.717) is 12.4 Å². The molecule has 0 amide bonds. The molecule has 0 aromatic heterocycles. The maximum atomic E-state index is 12.4. The number of ether oxygens (including phenoxy) is 1. The van der Waals surface area contributed by atoms with Crippen molar-refractivity contribution in [2.24, 2.45) is 0 Å². The van der Waals surface area contributed by atoms with Crippen molar-refractivity contribution in [1.29, 1.82) is 0 Å². The minimum absolute atomic E-state index is 0.0621. The number of nitro groups is 1. The molecule has 0 atom stereocenters. The maximum absolute atomic E-state index is 12.4. The average Bonchev–Trinajstić information content (AvgIpc) is 2.48. The Hall–Kier alpha value is -2.61. The third-order valence-electron chi connectivity index (χ3n) is 2.99. The van der Waals surface area contributed by atoms with E-state index in [-0.39, 0.29) is 21.9 Å². The highest BCUT2D eigenvalue weighted by molar-refractivity contribution is 7.87. The summed E-state index contributed by atoms with van der Waals surface area (Å²) in [6.07, 6.45) is 0. The van der Waals surface area contributed by atoms with Crippen LogP contribution in [0.2, 0.25) is 0 Å². The van der Waals surface area contributed by atoms with Crippen molar-refractivity contribution in [2.45, 2.75) is 18.7 Å². The van der Waals surface area contributed by atoms with Gasteiger partial charge in [-0.3, -0.25) is 10.1 Å². The quantitative estimate of drug-likeness (QED) is 0.456. The normalized spacial score (nSPS) is 11.0. The number of aryl methyl sites for hydroxylation is 1. The zero-order valence-corrected chi connectivity index (χ0v) is 13.4. The topological polar surface area (TPSA) is 95.7 Å². The molecule has 0 aliphatic carbocycles. The Labute approximate surface area is 133 Å². The molecule has 0 N–H and O–H groups in total. The molecule has 0 saturated heterocycles. The number of non-ortho nitro benzene ring substituents is 1. The van der Waals surface area contributed by atoms with Crippen LogP contribution in [-0.2, 0) is 10.1 Å². The van der Waals surface area contributed by atoms with Gasteiger partial charge in [-0.05, 0) is 37.6 Å². The molecule has 2 rings (SSSR count). The smallest absolute Gasteiger partial charge is 0.339 e. The highest BCUT2D eigenvalue weighted by atomic mass is 32.2. The lowest BCUT2D eigenvalue weighted by Crippen LogP contribution is -2.12. The van der Waals surface area contributed by atoms with Crippen molar-refractivity contribution >= 4 is 15.8 Å². The predicted octanol–water partition coefficient (Wildman–Crippen LogP) is 3.07. The van der Waals surface area contributed by atoms with Gasteiger partial charge in [0.25, 0.3) is 5.69 Å². The molecule has 8 heteroatoms. The Balaban J connectivity index is 2.38. The van der Waals surface area contributed by atoms with Gasteiger partial charge >= 0.3 is 10.1 Å². The van der Waals surface area contributed by atoms with Crippen LogP contribution in [0.15, 0.2) is 47.4 Å². The molecule has 7 nitrogen and oxygen atoms in total. The van der Waals surface area contributed by atoms with Crippen molar-refractivity contribution in [2.75, 3.05) is 6.61 Å². The lowest BCUT2D eigenvalue weighted by molar-refractivity contribution is -0.385. The molecule has 0 saturated carbocycles. The first-order valence-corrected chi connectivity index (χ1v) is 8.17. The summed E-state index contributed by atoms with van der Waals surface area (Å²) in [7, 11) is -4.13. The fourth-order valence-electron chi connectivity index (χ4n) is 1.98. The largest absolute Gasteiger partial charge is 0.490 e. The number of benzene rings is 2. The van der Waals surface area contributed by atoms with E-state index in [4.69, 9.17) is 8.92 Å². The van der Waals surface area contributed by atoms with Gasteiger partial charge in [0.1, 0.15) is 4.90 Å². The molecule has 0 bridgehead atoms. The van der Waals surface area contributed by atoms with Gasteiger partial charge in [0.15, 0.2) is 11.5 Å². The molecular formula is C15H15NO6S. The van der Waals surface area contributed by atoms with Crippen LogP contribution in [0.4, 0.5) is 5.69 Å². The van der Waals surface area contributed by atoms with Gasteiger partial charge in [-0.25, -0.2) is 0 Å². The molecule has 0 unspecified atom stereocenters. The summed E-state index contributed by atoms with van der Waals surface area (Å²) in [4.78, 5) is 10.0. The van der Waals surface area contributed by atoms with Gasteiger partial charge < -0.3 is 8.92 Å². The number of nitro benzene ring substituents is 1. The molecule has 122 valence electrons. The van der Waals surface area contributed by atoms with Gasteiger partial charge in [0, 0.05) is 12.1 Å². The van der Waals surface area contributed by atoms with E-state index in [1.807, 2.05) is 0 Å². The third-order valence-corrected chi connectivity index (χ3v) is 4.38. The standard InChI is InChI=1S/C15H15NO6S/c1-3-21-13-6-4-5-7-14(13)22-23(19,20)15-9-8-12(16(17)18)10-11(15)2/h4-10H,3H2,1-2H3. The molecule has 0 heterocycles. The fraction of sp³-hybridized carbons (Fsp3) is 0.200. The minimum Gasteiger partial charge on any atom is -0.490 e. The first kappa shape index (κ1) is 16.8. The second-order valence-electron chi connectivity index (χ2n) is 4.62. The van der Waals surface area contributed by atoms with E-state index in [1.54, 1.807) is 25.1 Å². The maximum Gasteiger partial charge on any atom is 0.339 e. The highest BCUT2D eigenvalue weighted by Crippen LogP contribution is 2.31. The average molecular weight is 337 g/mol. The van der Waals surface area contributed by atoms with Crippen LogP contribution >= 0.6 is 0 Å². The summed E-state index contributed by atoms with van der Waals surface area (Å²) in [6, 6.07) is 9.85. The molecule has 0 fully saturated rings. The molecule has 0 spiro atoms. The fourth-order valence-corrected chi connectivity index (χ4v) is 3.14. The summed E-state index contributed by atoms with van der Waals surface area (Å²) < 4.78 is 35.3. The second kappa shape index (κ2) is 6.66. The lowest BCUT2D eigenvalue weighted by Gasteiger charge is -2.12. The summed E-state index contributed by atoms with van der Waals surface area (Å²) in [6.45, 7) is 3.60. The molecule has 0 radical (unpaired) electrons. The van der Waals surface area contributed by atoms with Crippen LogP contribution in [0, 0.1) is 17.0 Å². The lowest BCUT2D eigenvalue weighted by atomic mass is 10.2. The SMILES string of the molecule is CCOc1ccccc1OS(=O)(=O)c1ccc([N+](=O)[O-])cc1C. The minimum atomic E-state index is -4.13.